The zero-order chi connectivity index (χ0) is 31.8. The molecule has 1 saturated heterocycles. The first-order valence-electron chi connectivity index (χ1n) is 15.7. The van der Waals surface area contributed by atoms with Gasteiger partial charge in [-0.15, -0.1) is 0 Å². The molecule has 3 aliphatic carbocycles. The highest BCUT2D eigenvalue weighted by Gasteiger charge is 2.87. The number of amides is 2. The summed E-state index contributed by atoms with van der Waals surface area (Å²) in [5, 5.41) is 11.7. The van der Waals surface area contributed by atoms with Crippen molar-refractivity contribution < 1.29 is 42.5 Å². The van der Waals surface area contributed by atoms with Crippen molar-refractivity contribution in [2.24, 2.45) is 11.3 Å². The average molecular weight is 623 g/mol. The van der Waals surface area contributed by atoms with Crippen molar-refractivity contribution in [1.82, 2.24) is 9.80 Å². The van der Waals surface area contributed by atoms with Gasteiger partial charge in [0.05, 0.1) is 35.7 Å². The second-order valence-corrected chi connectivity index (χ2v) is 14.5. The molecule has 6 atom stereocenters. The van der Waals surface area contributed by atoms with Crippen LogP contribution >= 0.6 is 0 Å². The van der Waals surface area contributed by atoms with Crippen molar-refractivity contribution in [3.05, 3.63) is 58.7 Å². The van der Waals surface area contributed by atoms with Gasteiger partial charge in [-0.05, 0) is 82.6 Å². The minimum absolute atomic E-state index is 0.0564. The number of likely N-dealkylation sites (tertiary alicyclic amines) is 1. The van der Waals surface area contributed by atoms with E-state index in [0.717, 1.165) is 17.7 Å². The molecule has 3 heterocycles. The maximum absolute atomic E-state index is 17.8. The lowest BCUT2D eigenvalue weighted by molar-refractivity contribution is -0.346. The molecule has 8 rings (SSSR count). The molecule has 6 aliphatic rings. The maximum atomic E-state index is 17.8. The number of aliphatic hydroxyl groups excluding tert-OH is 1. The summed E-state index contributed by atoms with van der Waals surface area (Å²) in [6.07, 6.45) is -1.81. The van der Waals surface area contributed by atoms with Gasteiger partial charge >= 0.3 is 11.9 Å². The summed E-state index contributed by atoms with van der Waals surface area (Å²) in [5.41, 5.74) is -4.21. The number of aliphatic hydroxyl groups is 1. The third kappa shape index (κ3) is 3.40. The van der Waals surface area contributed by atoms with Gasteiger partial charge in [-0.1, -0.05) is 18.2 Å². The molecule has 0 aromatic heterocycles. The highest BCUT2D eigenvalue weighted by Crippen LogP contribution is 2.72. The van der Waals surface area contributed by atoms with Crippen LogP contribution in [0.1, 0.15) is 78.3 Å². The van der Waals surface area contributed by atoms with Crippen molar-refractivity contribution in [3.63, 3.8) is 0 Å². The number of hydrogen-bond acceptors (Lipinski definition) is 8. The second-order valence-electron chi connectivity index (χ2n) is 14.5. The van der Waals surface area contributed by atoms with Crippen LogP contribution in [0.15, 0.2) is 36.4 Å². The number of ether oxygens (including phenoxy) is 3. The summed E-state index contributed by atoms with van der Waals surface area (Å²) in [6.45, 7) is 5.25. The van der Waals surface area contributed by atoms with Crippen molar-refractivity contribution in [1.29, 1.82) is 0 Å². The molecule has 238 valence electrons. The third-order valence-corrected chi connectivity index (χ3v) is 11.0. The number of rotatable bonds is 5. The molecular formula is C34H36F2N2O7. The lowest BCUT2D eigenvalue weighted by atomic mass is 9.46. The molecule has 2 saturated carbocycles. The summed E-state index contributed by atoms with van der Waals surface area (Å²) in [6, 6.07) is 7.84. The molecule has 45 heavy (non-hydrogen) atoms. The monoisotopic (exact) mass is 622 g/mol. The summed E-state index contributed by atoms with van der Waals surface area (Å²) >= 11 is 0. The van der Waals surface area contributed by atoms with Gasteiger partial charge in [-0.2, -0.15) is 0 Å². The molecule has 2 aromatic rings. The highest BCUT2D eigenvalue weighted by molar-refractivity contribution is 6.21. The molecule has 9 nitrogen and oxygen atoms in total. The normalized spacial score (nSPS) is 34.2. The highest BCUT2D eigenvalue weighted by atomic mass is 19.3. The van der Waals surface area contributed by atoms with Crippen LogP contribution in [0, 0.1) is 11.3 Å². The lowest BCUT2D eigenvalue weighted by Crippen LogP contribution is -2.88. The fourth-order valence-electron chi connectivity index (χ4n) is 8.90. The Morgan fingerprint density at radius 1 is 1.07 bits per heavy atom. The molecule has 2 aromatic carbocycles. The molecule has 1 spiro atoms. The number of nitrogens with zero attached hydrogens (tertiary/aromatic N) is 2. The number of carbonyl (C=O) groups excluding carboxylic acids is 3. The number of esters is 1. The quantitative estimate of drug-likeness (QED) is 0.393. The van der Waals surface area contributed by atoms with Gasteiger partial charge < -0.3 is 19.3 Å². The Hall–Kier alpha value is -3.57. The number of hydrogen-bond donors (Lipinski definition) is 1. The molecule has 2 bridgehead atoms. The van der Waals surface area contributed by atoms with Crippen molar-refractivity contribution in [3.8, 4) is 11.5 Å². The third-order valence-electron chi connectivity index (χ3n) is 11.0. The van der Waals surface area contributed by atoms with E-state index in [4.69, 9.17) is 14.2 Å². The zero-order valence-electron chi connectivity index (χ0n) is 25.6. The summed E-state index contributed by atoms with van der Waals surface area (Å²) in [4.78, 5) is 44.0. The first-order valence-corrected chi connectivity index (χ1v) is 15.7. The minimum Gasteiger partial charge on any atom is -0.493 e. The van der Waals surface area contributed by atoms with Crippen LogP contribution in [0.3, 0.4) is 0 Å². The number of halogens is 2. The fraction of sp³-hybridized carbons (Fsp3) is 0.559. The first kappa shape index (κ1) is 28.9. The standard InChI is InChI=1S/C34H36F2N2O7/c1-31(2,3)30(42)45-32-14-13-21(38-27(39)19-7-5-6-8-20(19)28(38)40)26-33(32)24-18(11-12-22(43-4)25(24)44-26)15-23(32)37(16-17-9-10-17)29(41)34(33,35)36/h5-8,11-12,17,21,23,26,29,41H,9-10,13-16H2,1-4H3/t21-,23-,26+,29?,32-,33-/m1/s1. The topological polar surface area (TPSA) is 106 Å². The number of carbonyl (C=O) groups is 3. The zero-order valence-corrected chi connectivity index (χ0v) is 25.6. The smallest absolute Gasteiger partial charge is 0.311 e. The van der Waals surface area contributed by atoms with Crippen LogP contribution in [0.2, 0.25) is 0 Å². The van der Waals surface area contributed by atoms with E-state index in [-0.39, 0.29) is 59.9 Å². The van der Waals surface area contributed by atoms with Gasteiger partial charge in [-0.25, -0.2) is 8.78 Å². The Morgan fingerprint density at radius 3 is 2.33 bits per heavy atom. The SMILES string of the molecule is COc1ccc2c3c1O[C@H]1[C@H](N4C(=O)c5ccccc5C4=O)CC[C@@]4(OC(=O)C(C)(C)C)[C@@H](C2)N(CC2CC2)C(O)C(F)(F)[C@]314. The van der Waals surface area contributed by atoms with Gasteiger partial charge in [0, 0.05) is 12.1 Å². The Morgan fingerprint density at radius 2 is 1.73 bits per heavy atom. The van der Waals surface area contributed by atoms with Gasteiger partial charge in [0.15, 0.2) is 17.7 Å². The molecule has 2 amide bonds. The minimum atomic E-state index is -3.94. The number of benzene rings is 2. The van der Waals surface area contributed by atoms with E-state index < -0.39 is 64.6 Å². The van der Waals surface area contributed by atoms with Crippen LogP contribution in [0.25, 0.3) is 0 Å². The van der Waals surface area contributed by atoms with Crippen LogP contribution in [0.5, 0.6) is 11.5 Å². The van der Waals surface area contributed by atoms with Gasteiger partial charge in [0.2, 0.25) is 0 Å². The average Bonchev–Trinajstić information content (AvgIpc) is 3.69. The van der Waals surface area contributed by atoms with E-state index in [1.54, 1.807) is 57.2 Å². The van der Waals surface area contributed by atoms with E-state index in [1.165, 1.54) is 12.0 Å². The fourth-order valence-corrected chi connectivity index (χ4v) is 8.90. The lowest BCUT2D eigenvalue weighted by Gasteiger charge is -2.68. The number of piperidine rings is 1. The Balaban J connectivity index is 1.40. The number of alkyl halides is 2. The van der Waals surface area contributed by atoms with E-state index >= 15 is 8.78 Å². The largest absolute Gasteiger partial charge is 0.493 e. The molecular weight excluding hydrogens is 586 g/mol. The van der Waals surface area contributed by atoms with Crippen LogP contribution in [0.4, 0.5) is 8.78 Å². The van der Waals surface area contributed by atoms with Gasteiger partial charge in [0.25, 0.3) is 11.8 Å². The second kappa shape index (κ2) is 9.03. The van der Waals surface area contributed by atoms with Crippen molar-refractivity contribution >= 4 is 17.8 Å². The van der Waals surface area contributed by atoms with Crippen molar-refractivity contribution in [2.45, 2.75) is 94.2 Å². The Kier molecular flexibility index (Phi) is 5.79. The summed E-state index contributed by atoms with van der Waals surface area (Å²) < 4.78 is 54.3. The molecule has 11 heteroatoms. The van der Waals surface area contributed by atoms with Crippen LogP contribution in [-0.2, 0) is 21.4 Å². The summed E-state index contributed by atoms with van der Waals surface area (Å²) in [5.74, 6) is -5.35. The van der Waals surface area contributed by atoms with Crippen LogP contribution < -0.4 is 9.47 Å². The number of imide groups is 1. The first-order chi connectivity index (χ1) is 21.3. The van der Waals surface area contributed by atoms with E-state index in [0.29, 0.717) is 5.56 Å². The van der Waals surface area contributed by atoms with E-state index in [2.05, 4.69) is 0 Å². The molecule has 0 radical (unpaired) electrons. The van der Waals surface area contributed by atoms with Gasteiger partial charge in [0.1, 0.15) is 17.1 Å². The predicted octanol–water partition coefficient (Wildman–Crippen LogP) is 4.08. The molecule has 1 unspecified atom stereocenters. The number of fused-ring (bicyclic) bond motifs is 1. The molecule has 1 N–H and O–H groups in total. The van der Waals surface area contributed by atoms with Gasteiger partial charge in [-0.3, -0.25) is 24.2 Å². The van der Waals surface area contributed by atoms with Crippen molar-refractivity contribution in [2.75, 3.05) is 13.7 Å². The van der Waals surface area contributed by atoms with E-state index in [1.807, 2.05) is 0 Å². The maximum Gasteiger partial charge on any atom is 0.311 e. The molecule has 3 aliphatic heterocycles. The number of methoxy groups -OCH3 is 1. The molecule has 3 fully saturated rings. The van der Waals surface area contributed by atoms with Crippen LogP contribution in [-0.4, -0.2) is 82.3 Å². The predicted molar refractivity (Wildman–Crippen MR) is 155 cm³/mol. The Labute approximate surface area is 259 Å². The Bertz CT molecular complexity index is 1630. The summed E-state index contributed by atoms with van der Waals surface area (Å²) in [7, 11) is 1.41. The van der Waals surface area contributed by atoms with E-state index in [9.17, 15) is 19.5 Å².